The molecule has 1 saturated heterocycles. The van der Waals surface area contributed by atoms with Crippen LogP contribution in [0.4, 0.5) is 4.79 Å². The molecule has 2 saturated carbocycles. The van der Waals surface area contributed by atoms with Crippen LogP contribution in [0.15, 0.2) is 30.4 Å². The number of carbonyl (C=O) groups excluding carboxylic acids is 4. The van der Waals surface area contributed by atoms with Gasteiger partial charge in [-0.25, -0.2) is 18.2 Å². The minimum absolute atomic E-state index is 0.0444. The number of unbranched alkanes of at least 4 members (excludes halogenated alkanes) is 2. The lowest BCUT2D eigenvalue weighted by Gasteiger charge is -2.35. The number of aromatic nitrogens is 3. The van der Waals surface area contributed by atoms with Crippen LogP contribution in [0.2, 0.25) is 0 Å². The third-order valence-corrected chi connectivity index (χ3v) is 16.4. The molecule has 0 spiro atoms. The molecule has 3 fully saturated rings. The van der Waals surface area contributed by atoms with Crippen LogP contribution in [0.1, 0.15) is 163 Å². The smallest absolute Gasteiger partial charge is 0.408 e. The van der Waals surface area contributed by atoms with Crippen molar-refractivity contribution in [3.05, 3.63) is 40.9 Å². The number of primary amides is 1. The number of para-hydroxylation sites is 1. The molecule has 0 bridgehead atoms. The summed E-state index contributed by atoms with van der Waals surface area (Å²) in [5.74, 6) is -1.07. The molecular weight excluding hydrogens is 879 g/mol. The summed E-state index contributed by atoms with van der Waals surface area (Å²) < 4.78 is 41.9. The number of nitrogens with two attached hydrogens (primary N) is 1. The lowest BCUT2D eigenvalue weighted by molar-refractivity contribution is -0.141. The van der Waals surface area contributed by atoms with E-state index in [0.717, 1.165) is 72.2 Å². The SMILES string of the molecule is CC[C@@H]1C[C@@H]1C(=O)NS(=O)(=O)C1(CCC/C=C/CCCc2sc(-c3cccc4c3nc(O[C@@H]3C[C@@H](C(N)=O)N(C(=O)[C@@H](NC(=O)OC(C)(C)C)C(C)(C)C)C3)n4C(C)C)nc2C(C)C)CC1. The highest BCUT2D eigenvalue weighted by atomic mass is 32.2. The lowest BCUT2D eigenvalue weighted by atomic mass is 9.85. The summed E-state index contributed by atoms with van der Waals surface area (Å²) in [6, 6.07) is 4.40. The van der Waals surface area contributed by atoms with Crippen molar-refractivity contribution in [1.82, 2.24) is 29.5 Å². The zero-order valence-electron chi connectivity index (χ0n) is 40.9. The minimum Gasteiger partial charge on any atom is -0.459 e. The van der Waals surface area contributed by atoms with E-state index in [-0.39, 0.29) is 36.8 Å². The van der Waals surface area contributed by atoms with Gasteiger partial charge in [-0.1, -0.05) is 66.2 Å². The second-order valence-corrected chi connectivity index (χ2v) is 24.4. The van der Waals surface area contributed by atoms with Gasteiger partial charge in [0, 0.05) is 28.8 Å². The van der Waals surface area contributed by atoms with Crippen LogP contribution in [0.25, 0.3) is 21.6 Å². The van der Waals surface area contributed by atoms with Gasteiger partial charge in [-0.3, -0.25) is 23.7 Å². The Kier molecular flexibility index (Phi) is 15.4. The number of imidazole rings is 1. The first kappa shape index (κ1) is 50.9. The van der Waals surface area contributed by atoms with Gasteiger partial charge in [-0.05, 0) is 122 Å². The van der Waals surface area contributed by atoms with Crippen LogP contribution in [0, 0.1) is 17.3 Å². The number of alkyl carbamates (subject to hydrolysis) is 1. The van der Waals surface area contributed by atoms with Crippen molar-refractivity contribution in [1.29, 1.82) is 0 Å². The molecule has 66 heavy (non-hydrogen) atoms. The summed E-state index contributed by atoms with van der Waals surface area (Å²) in [7, 11) is -3.67. The number of nitrogens with zero attached hydrogens (tertiary/aromatic N) is 4. The second-order valence-electron chi connectivity index (χ2n) is 21.3. The molecule has 0 unspecified atom stereocenters. The summed E-state index contributed by atoms with van der Waals surface area (Å²) in [6.07, 6.45) is 10.8. The van der Waals surface area contributed by atoms with Gasteiger partial charge >= 0.3 is 6.09 Å². The topological polar surface area (TPSA) is 205 Å². The molecule has 3 heterocycles. The van der Waals surface area contributed by atoms with E-state index < -0.39 is 61.9 Å². The Morgan fingerprint density at radius 1 is 1.00 bits per heavy atom. The molecule has 3 aromatic rings. The monoisotopic (exact) mass is 951 g/mol. The van der Waals surface area contributed by atoms with Crippen molar-refractivity contribution >= 4 is 56.2 Å². The molecule has 15 nitrogen and oxygen atoms in total. The molecule has 1 aromatic carbocycles. The molecule has 3 aliphatic rings. The Morgan fingerprint density at radius 3 is 2.26 bits per heavy atom. The van der Waals surface area contributed by atoms with Crippen molar-refractivity contribution in [2.24, 2.45) is 23.0 Å². The van der Waals surface area contributed by atoms with Crippen molar-refractivity contribution in [3.63, 3.8) is 0 Å². The zero-order chi connectivity index (χ0) is 48.5. The minimum atomic E-state index is -3.67. The number of rotatable bonds is 20. The van der Waals surface area contributed by atoms with Gasteiger partial charge in [0.15, 0.2) is 0 Å². The molecule has 2 aromatic heterocycles. The summed E-state index contributed by atoms with van der Waals surface area (Å²) in [4.78, 5) is 65.3. The molecule has 4 N–H and O–H groups in total. The highest BCUT2D eigenvalue weighted by molar-refractivity contribution is 7.91. The van der Waals surface area contributed by atoms with Gasteiger partial charge in [-0.15, -0.1) is 11.3 Å². The first-order chi connectivity index (χ1) is 30.9. The summed E-state index contributed by atoms with van der Waals surface area (Å²) in [6.45, 7) is 21.2. The number of benzene rings is 1. The highest BCUT2D eigenvalue weighted by Gasteiger charge is 2.55. The van der Waals surface area contributed by atoms with E-state index in [4.69, 9.17) is 25.2 Å². The van der Waals surface area contributed by atoms with E-state index in [0.29, 0.717) is 31.2 Å². The Morgan fingerprint density at radius 2 is 1.68 bits per heavy atom. The number of aryl methyl sites for hydroxylation is 1. The number of ether oxygens (including phenoxy) is 2. The van der Waals surface area contributed by atoms with Gasteiger partial charge in [0.25, 0.3) is 6.01 Å². The van der Waals surface area contributed by atoms with Gasteiger partial charge < -0.3 is 25.4 Å². The molecule has 17 heteroatoms. The van der Waals surface area contributed by atoms with E-state index in [1.165, 1.54) is 9.78 Å². The number of amides is 4. The maximum absolute atomic E-state index is 14.2. The average Bonchev–Trinajstić information content (AvgIpc) is 4.05. The standard InChI is InChI=1S/C49H73N7O8S2/c1-12-31-26-34(31)42(58)54-66(61,62)49(24-25-49)23-18-16-14-13-15-17-22-37-38(29(2)3)51-43(65-37)33-20-19-21-35-39(33)52-45(56(35)30(4)5)63-32-27-36(41(50)57)55(28-32)44(59)40(47(6,7)8)53-46(60)64-48(9,10)11/h13-14,19-21,29-32,34,36,40H,12,15-18,22-28H2,1-11H3,(H2,50,57)(H,53,60)(H,54,58)/b14-13+/t31-,32-,34+,36+,40-/m1/s1. The first-order valence-corrected chi connectivity index (χ1v) is 26.1. The number of fused-ring (bicyclic) bond motifs is 1. The van der Waals surface area contributed by atoms with Crippen LogP contribution in [0.5, 0.6) is 6.01 Å². The Bertz CT molecular complexity index is 2400. The van der Waals surface area contributed by atoms with E-state index in [2.05, 4.69) is 36.0 Å². The number of carbonyl (C=O) groups is 4. The molecule has 6 rings (SSSR count). The fourth-order valence-electron chi connectivity index (χ4n) is 9.03. The van der Waals surface area contributed by atoms with E-state index in [1.807, 2.05) is 64.3 Å². The van der Waals surface area contributed by atoms with Crippen LogP contribution in [-0.2, 0) is 35.6 Å². The van der Waals surface area contributed by atoms with Crippen LogP contribution >= 0.6 is 11.3 Å². The van der Waals surface area contributed by atoms with Gasteiger partial charge in [-0.2, -0.15) is 4.98 Å². The third kappa shape index (κ3) is 11.8. The number of sulfonamides is 1. The number of thiazole rings is 1. The van der Waals surface area contributed by atoms with E-state index >= 15 is 0 Å². The van der Waals surface area contributed by atoms with E-state index in [1.54, 1.807) is 32.1 Å². The van der Waals surface area contributed by atoms with Gasteiger partial charge in [0.2, 0.25) is 27.7 Å². The molecule has 1 aliphatic heterocycles. The molecule has 364 valence electrons. The maximum atomic E-state index is 14.2. The van der Waals surface area contributed by atoms with Gasteiger partial charge in [0.1, 0.15) is 34.3 Å². The summed E-state index contributed by atoms with van der Waals surface area (Å²) in [5, 5.41) is 3.61. The van der Waals surface area contributed by atoms with Crippen LogP contribution in [-0.4, -0.2) is 86.7 Å². The molecular formula is C49H73N7O8S2. The zero-order valence-corrected chi connectivity index (χ0v) is 42.5. The predicted molar refractivity (Wildman–Crippen MR) is 259 cm³/mol. The fraction of sp³-hybridized carbons (Fsp3) is 0.673. The Labute approximate surface area is 395 Å². The average molecular weight is 952 g/mol. The summed E-state index contributed by atoms with van der Waals surface area (Å²) >= 11 is 1.68. The van der Waals surface area contributed by atoms with Crippen LogP contribution in [0.3, 0.4) is 0 Å². The summed E-state index contributed by atoms with van der Waals surface area (Å²) in [5.41, 5.74) is 7.97. The number of likely N-dealkylation sites (tertiary alicyclic amines) is 1. The normalized spacial score (nSPS) is 21.1. The number of nitrogens with one attached hydrogen (secondary N) is 2. The highest BCUT2D eigenvalue weighted by Crippen LogP contribution is 2.48. The third-order valence-electron chi connectivity index (χ3n) is 13.0. The Balaban J connectivity index is 1.11. The van der Waals surface area contributed by atoms with Crippen molar-refractivity contribution in [2.45, 2.75) is 187 Å². The molecule has 5 atom stereocenters. The molecule has 2 aliphatic carbocycles. The quantitative estimate of drug-likeness (QED) is 0.0726. The predicted octanol–water partition coefficient (Wildman–Crippen LogP) is 8.71. The van der Waals surface area contributed by atoms with Crippen LogP contribution < -0.4 is 20.5 Å². The number of hydrogen-bond acceptors (Lipinski definition) is 11. The van der Waals surface area contributed by atoms with Crippen molar-refractivity contribution < 1.29 is 37.1 Å². The fourth-order valence-corrected chi connectivity index (χ4v) is 12.0. The van der Waals surface area contributed by atoms with Crippen molar-refractivity contribution in [2.75, 3.05) is 6.54 Å². The van der Waals surface area contributed by atoms with E-state index in [9.17, 15) is 27.6 Å². The van der Waals surface area contributed by atoms with Gasteiger partial charge in [0.05, 0.1) is 22.5 Å². The van der Waals surface area contributed by atoms with Crippen molar-refractivity contribution in [3.8, 4) is 16.6 Å². The lowest BCUT2D eigenvalue weighted by Crippen LogP contribution is -2.58. The maximum Gasteiger partial charge on any atom is 0.408 e. The molecule has 4 amide bonds. The molecule has 0 radical (unpaired) electrons. The number of hydrogen-bond donors (Lipinski definition) is 3. The second kappa shape index (κ2) is 20.0. The number of allylic oxidation sites excluding steroid dienone is 2. The first-order valence-electron chi connectivity index (χ1n) is 23.8. The largest absolute Gasteiger partial charge is 0.459 e. The Hall–Kier alpha value is -4.51.